The van der Waals surface area contributed by atoms with Crippen LogP contribution in [0.3, 0.4) is 0 Å². The predicted octanol–water partition coefficient (Wildman–Crippen LogP) is 7.53. The van der Waals surface area contributed by atoms with E-state index in [2.05, 4.69) is 31.2 Å². The number of fused-ring (bicyclic) bond motifs is 4. The second-order valence-corrected chi connectivity index (χ2v) is 10.5. The van der Waals surface area contributed by atoms with E-state index in [1.807, 2.05) is 35.3 Å². The van der Waals surface area contributed by atoms with Gasteiger partial charge in [0.05, 0.1) is 23.8 Å². The summed E-state index contributed by atoms with van der Waals surface area (Å²) in [5.41, 5.74) is 7.33. The van der Waals surface area contributed by atoms with E-state index in [4.69, 9.17) is 14.5 Å². The first kappa shape index (κ1) is 21.5. The SMILES string of the molecule is C[C@]12Cc3cnn(-c4ccc(F)cc4)c3C=C1CC[C@H]1C2=CCC[C@@H]1c1ncc(-c2ccccc2)o1. The van der Waals surface area contributed by atoms with E-state index < -0.39 is 0 Å². The van der Waals surface area contributed by atoms with E-state index in [-0.39, 0.29) is 11.2 Å². The van der Waals surface area contributed by atoms with Gasteiger partial charge in [0.1, 0.15) is 5.82 Å². The van der Waals surface area contributed by atoms with Crippen LogP contribution in [0.25, 0.3) is 23.1 Å². The molecule has 3 aliphatic carbocycles. The van der Waals surface area contributed by atoms with Gasteiger partial charge in [0, 0.05) is 16.9 Å². The number of halogens is 1. The van der Waals surface area contributed by atoms with Crippen molar-refractivity contribution in [3.8, 4) is 17.0 Å². The summed E-state index contributed by atoms with van der Waals surface area (Å²) < 4.78 is 21.8. The van der Waals surface area contributed by atoms with Gasteiger partial charge in [-0.25, -0.2) is 14.1 Å². The zero-order valence-electron chi connectivity index (χ0n) is 20.3. The molecule has 5 heteroatoms. The van der Waals surface area contributed by atoms with Crippen molar-refractivity contribution in [2.45, 2.75) is 44.9 Å². The topological polar surface area (TPSA) is 43.9 Å². The minimum Gasteiger partial charge on any atom is -0.440 e. The third-order valence-corrected chi connectivity index (χ3v) is 8.51. The second-order valence-electron chi connectivity index (χ2n) is 10.5. The number of rotatable bonds is 3. The van der Waals surface area contributed by atoms with Gasteiger partial charge in [-0.2, -0.15) is 5.10 Å². The molecule has 0 N–H and O–H groups in total. The average Bonchev–Trinajstić information content (AvgIpc) is 3.55. The summed E-state index contributed by atoms with van der Waals surface area (Å²) in [6.07, 6.45) is 13.9. The Balaban J connectivity index is 1.21. The summed E-state index contributed by atoms with van der Waals surface area (Å²) in [6.45, 7) is 2.41. The van der Waals surface area contributed by atoms with Gasteiger partial charge in [-0.15, -0.1) is 0 Å². The van der Waals surface area contributed by atoms with Crippen molar-refractivity contribution in [2.24, 2.45) is 11.3 Å². The number of allylic oxidation sites excluding steroid dienone is 3. The Hall–Kier alpha value is -3.73. The summed E-state index contributed by atoms with van der Waals surface area (Å²) in [6, 6.07) is 16.8. The van der Waals surface area contributed by atoms with Crippen LogP contribution in [0, 0.1) is 17.2 Å². The Labute approximate surface area is 210 Å². The van der Waals surface area contributed by atoms with Crippen LogP contribution >= 0.6 is 0 Å². The van der Waals surface area contributed by atoms with Gasteiger partial charge in [0.25, 0.3) is 0 Å². The van der Waals surface area contributed by atoms with Crippen LogP contribution in [0.1, 0.15) is 55.7 Å². The third-order valence-electron chi connectivity index (χ3n) is 8.51. The lowest BCUT2D eigenvalue weighted by atomic mass is 9.55. The molecule has 0 radical (unpaired) electrons. The van der Waals surface area contributed by atoms with Crippen molar-refractivity contribution in [1.82, 2.24) is 14.8 Å². The summed E-state index contributed by atoms with van der Waals surface area (Å²) in [5, 5.41) is 4.69. The summed E-state index contributed by atoms with van der Waals surface area (Å²) in [4.78, 5) is 4.76. The minimum atomic E-state index is -0.232. The molecule has 2 aromatic carbocycles. The van der Waals surface area contributed by atoms with Gasteiger partial charge in [0.15, 0.2) is 11.7 Å². The number of hydrogen-bond acceptors (Lipinski definition) is 3. The molecule has 0 amide bonds. The van der Waals surface area contributed by atoms with Gasteiger partial charge >= 0.3 is 0 Å². The van der Waals surface area contributed by atoms with E-state index in [1.54, 1.807) is 12.1 Å². The van der Waals surface area contributed by atoms with Gasteiger partial charge in [-0.3, -0.25) is 0 Å². The molecule has 0 saturated heterocycles. The number of benzene rings is 2. The molecule has 0 bridgehead atoms. The predicted molar refractivity (Wildman–Crippen MR) is 138 cm³/mol. The highest BCUT2D eigenvalue weighted by atomic mass is 19.1. The van der Waals surface area contributed by atoms with E-state index >= 15 is 0 Å². The third kappa shape index (κ3) is 3.33. The molecule has 7 rings (SSSR count). The molecular weight excluding hydrogens is 449 g/mol. The van der Waals surface area contributed by atoms with Gasteiger partial charge in [-0.05, 0) is 73.9 Å². The fourth-order valence-electron chi connectivity index (χ4n) is 6.70. The lowest BCUT2D eigenvalue weighted by molar-refractivity contribution is 0.257. The average molecular weight is 478 g/mol. The van der Waals surface area contributed by atoms with E-state index in [0.717, 1.165) is 60.7 Å². The first-order chi connectivity index (χ1) is 17.6. The molecule has 36 heavy (non-hydrogen) atoms. The Morgan fingerprint density at radius 2 is 1.83 bits per heavy atom. The quantitative estimate of drug-likeness (QED) is 0.287. The molecule has 0 unspecified atom stereocenters. The second kappa shape index (κ2) is 8.16. The fourth-order valence-corrected chi connectivity index (χ4v) is 6.70. The van der Waals surface area contributed by atoms with Crippen LogP contribution in [-0.2, 0) is 6.42 Å². The maximum Gasteiger partial charge on any atom is 0.198 e. The van der Waals surface area contributed by atoms with Crippen LogP contribution < -0.4 is 0 Å². The van der Waals surface area contributed by atoms with Crippen LogP contribution in [0.15, 0.2) is 88.6 Å². The van der Waals surface area contributed by atoms with Crippen LogP contribution in [0.5, 0.6) is 0 Å². The molecule has 4 aromatic rings. The molecule has 4 nitrogen and oxygen atoms in total. The Morgan fingerprint density at radius 3 is 2.67 bits per heavy atom. The lowest BCUT2D eigenvalue weighted by Crippen LogP contribution is -2.38. The number of aromatic nitrogens is 3. The molecule has 3 atom stereocenters. The van der Waals surface area contributed by atoms with E-state index in [9.17, 15) is 4.39 Å². The van der Waals surface area contributed by atoms with Crippen LogP contribution in [-0.4, -0.2) is 14.8 Å². The zero-order valence-corrected chi connectivity index (χ0v) is 20.3. The molecule has 2 heterocycles. The molecule has 0 aliphatic heterocycles. The molecular formula is C31H28FN3O. The highest BCUT2D eigenvalue weighted by molar-refractivity contribution is 5.64. The maximum absolute atomic E-state index is 13.5. The van der Waals surface area contributed by atoms with Crippen molar-refractivity contribution in [1.29, 1.82) is 0 Å². The van der Waals surface area contributed by atoms with E-state index in [0.29, 0.717) is 11.8 Å². The summed E-state index contributed by atoms with van der Waals surface area (Å²) in [7, 11) is 0. The first-order valence-electron chi connectivity index (χ1n) is 12.9. The van der Waals surface area contributed by atoms with Crippen molar-refractivity contribution < 1.29 is 8.81 Å². The van der Waals surface area contributed by atoms with Crippen molar-refractivity contribution >= 4 is 6.08 Å². The maximum atomic E-state index is 13.5. The standard InChI is InChI=1S/C31H28FN3O/c1-31-17-21-18-34-35(24-13-11-23(32)12-14-24)28(21)16-22(31)10-15-25-26(8-5-9-27(25)31)30-33-19-29(36-30)20-6-3-2-4-7-20/h2-4,6-7,9,11-14,16,18-19,25-26H,5,8,10,15,17H2,1H3/t25-,26+,31+/m1/s1. The zero-order chi connectivity index (χ0) is 24.3. The fraction of sp³-hybridized carbons (Fsp3) is 0.290. The molecule has 2 aromatic heterocycles. The van der Waals surface area contributed by atoms with E-state index in [1.165, 1.54) is 28.8 Å². The van der Waals surface area contributed by atoms with Gasteiger partial charge < -0.3 is 4.42 Å². The van der Waals surface area contributed by atoms with Crippen LogP contribution in [0.2, 0.25) is 0 Å². The molecule has 3 aliphatic rings. The summed E-state index contributed by atoms with van der Waals surface area (Å²) >= 11 is 0. The monoisotopic (exact) mass is 477 g/mol. The van der Waals surface area contributed by atoms with Crippen LogP contribution in [0.4, 0.5) is 4.39 Å². The Kier molecular flexibility index (Phi) is 4.88. The molecule has 1 fully saturated rings. The Bertz CT molecular complexity index is 1490. The smallest absolute Gasteiger partial charge is 0.198 e. The number of hydrogen-bond donors (Lipinski definition) is 0. The van der Waals surface area contributed by atoms with Crippen molar-refractivity contribution in [2.75, 3.05) is 0 Å². The summed E-state index contributed by atoms with van der Waals surface area (Å²) in [5.74, 6) is 2.24. The lowest BCUT2D eigenvalue weighted by Gasteiger charge is -2.48. The molecule has 1 saturated carbocycles. The normalized spacial score (nSPS) is 24.8. The Morgan fingerprint density at radius 1 is 1.00 bits per heavy atom. The largest absolute Gasteiger partial charge is 0.440 e. The minimum absolute atomic E-state index is 0.0138. The number of oxazole rings is 1. The van der Waals surface area contributed by atoms with Crippen molar-refractivity contribution in [3.63, 3.8) is 0 Å². The molecule has 180 valence electrons. The molecule has 0 spiro atoms. The highest BCUT2D eigenvalue weighted by Gasteiger charge is 2.47. The number of nitrogens with zero attached hydrogens (tertiary/aromatic N) is 3. The van der Waals surface area contributed by atoms with Crippen molar-refractivity contribution in [3.05, 3.63) is 107 Å². The van der Waals surface area contributed by atoms with Gasteiger partial charge in [0.2, 0.25) is 0 Å². The highest BCUT2D eigenvalue weighted by Crippen LogP contribution is 2.58. The first-order valence-corrected chi connectivity index (χ1v) is 12.9. The van der Waals surface area contributed by atoms with Gasteiger partial charge in [-0.1, -0.05) is 54.5 Å².